The van der Waals surface area contributed by atoms with Crippen LogP contribution in [0.15, 0.2) is 4.79 Å². The molecule has 0 aliphatic carbocycles. The van der Waals surface area contributed by atoms with Crippen LogP contribution in [0.2, 0.25) is 10.4 Å². The Kier molecular flexibility index (Phi) is 5.12. The van der Waals surface area contributed by atoms with Gasteiger partial charge in [0.05, 0.1) is 0 Å². The van der Waals surface area contributed by atoms with Gasteiger partial charge in [0.2, 0.25) is 17.1 Å². The second-order valence-corrected chi connectivity index (χ2v) is 6.53. The molecule has 1 aliphatic rings. The molecule has 0 radical (unpaired) electrons. The summed E-state index contributed by atoms with van der Waals surface area (Å²) in [6.07, 6.45) is 2.22. The zero-order valence-corrected chi connectivity index (χ0v) is 14.4. The fourth-order valence-corrected chi connectivity index (χ4v) is 3.07. The maximum absolute atomic E-state index is 14.1. The van der Waals surface area contributed by atoms with E-state index in [0.717, 1.165) is 6.42 Å². The van der Waals surface area contributed by atoms with Gasteiger partial charge >= 0.3 is 0 Å². The Hall–Kier alpha value is -1.52. The summed E-state index contributed by atoms with van der Waals surface area (Å²) in [5.41, 5.74) is -1.07. The zero-order chi connectivity index (χ0) is 18.2. The van der Waals surface area contributed by atoms with E-state index in [1.165, 1.54) is 0 Å². The second kappa shape index (κ2) is 7.00. The normalized spacial score (nSPS) is 20.4. The first-order valence-electron chi connectivity index (χ1n) is 7.56. The molecule has 136 valence electrons. The average Bonchev–Trinajstić information content (AvgIpc) is 2.69. The molecule has 1 saturated heterocycles. The van der Waals surface area contributed by atoms with Crippen LogP contribution in [0.3, 0.4) is 0 Å². The monoisotopic (exact) mass is 392 g/mol. The molecule has 1 unspecified atom stereocenters. The van der Waals surface area contributed by atoms with Gasteiger partial charge in [-0.05, 0) is 24.4 Å². The quantitative estimate of drug-likeness (QED) is 0.353. The molecular weight excluding hydrogens is 378 g/mol. The Morgan fingerprint density at radius 3 is 2.84 bits per heavy atom. The van der Waals surface area contributed by atoms with Crippen LogP contribution in [0.1, 0.15) is 25.7 Å². The molecule has 1 aliphatic heterocycles. The molecule has 25 heavy (non-hydrogen) atoms. The van der Waals surface area contributed by atoms with E-state index >= 15 is 0 Å². The van der Waals surface area contributed by atoms with E-state index in [1.54, 1.807) is 0 Å². The maximum Gasteiger partial charge on any atom is 0.265 e. The van der Waals surface area contributed by atoms with Crippen molar-refractivity contribution in [1.82, 2.24) is 20.3 Å². The predicted molar refractivity (Wildman–Crippen MR) is 88.2 cm³/mol. The summed E-state index contributed by atoms with van der Waals surface area (Å²) in [6.45, 7) is -0.0327. The Bertz CT molecular complexity index is 861. The summed E-state index contributed by atoms with van der Waals surface area (Å²) in [5.74, 6) is -3.18. The molecule has 0 bridgehead atoms. The highest BCUT2D eigenvalue weighted by Gasteiger charge is 2.30. The van der Waals surface area contributed by atoms with Gasteiger partial charge in [0, 0.05) is 12.5 Å². The van der Waals surface area contributed by atoms with Crippen molar-refractivity contribution in [2.45, 2.75) is 37.6 Å². The third-order valence-corrected chi connectivity index (χ3v) is 4.31. The van der Waals surface area contributed by atoms with Gasteiger partial charge in [-0.15, -0.1) is 0 Å². The van der Waals surface area contributed by atoms with Crippen molar-refractivity contribution in [2.24, 2.45) is 0 Å². The molecule has 1 atom stereocenters. The minimum atomic E-state index is -1.99. The summed E-state index contributed by atoms with van der Waals surface area (Å²) in [6, 6.07) is -0.405. The number of aromatic amines is 1. The van der Waals surface area contributed by atoms with Crippen molar-refractivity contribution < 1.29 is 19.3 Å². The molecular formula is C14H15Cl2FN4O4. The number of aromatic nitrogens is 3. The number of nitrogens with one attached hydrogen (secondary N) is 2. The summed E-state index contributed by atoms with van der Waals surface area (Å²) < 4.78 is 19.6. The third-order valence-electron chi connectivity index (χ3n) is 3.88. The van der Waals surface area contributed by atoms with Gasteiger partial charge in [0.15, 0.2) is 11.0 Å². The highest BCUT2D eigenvalue weighted by atomic mass is 35.5. The highest BCUT2D eigenvalue weighted by Crippen LogP contribution is 2.27. The molecule has 8 nitrogen and oxygen atoms in total. The molecule has 4 N–H and O–H groups in total. The molecule has 11 heteroatoms. The first kappa shape index (κ1) is 18.3. The predicted octanol–water partition coefficient (Wildman–Crippen LogP) is 1.31. The van der Waals surface area contributed by atoms with Crippen molar-refractivity contribution in [3.63, 3.8) is 0 Å². The first-order valence-corrected chi connectivity index (χ1v) is 8.32. The molecule has 0 saturated carbocycles. The van der Waals surface area contributed by atoms with Crippen LogP contribution < -0.4 is 15.6 Å². The van der Waals surface area contributed by atoms with Crippen molar-refractivity contribution in [3.05, 3.63) is 26.6 Å². The number of pyridine rings is 1. The van der Waals surface area contributed by atoms with Gasteiger partial charge in [-0.1, -0.05) is 18.0 Å². The van der Waals surface area contributed by atoms with E-state index in [2.05, 4.69) is 20.3 Å². The van der Waals surface area contributed by atoms with E-state index in [-0.39, 0.29) is 35.1 Å². The highest BCUT2D eigenvalue weighted by molar-refractivity contribution is 6.30. The summed E-state index contributed by atoms with van der Waals surface area (Å²) >= 11 is 11.4. The number of hydrogen-bond acceptors (Lipinski definition) is 7. The molecule has 0 amide bonds. The van der Waals surface area contributed by atoms with Gasteiger partial charge < -0.3 is 14.9 Å². The number of rotatable bonds is 3. The maximum atomic E-state index is 14.1. The minimum Gasteiger partial charge on any atom is -0.475 e. The van der Waals surface area contributed by atoms with Crippen LogP contribution in [0.4, 0.5) is 4.39 Å². The lowest BCUT2D eigenvalue weighted by Crippen LogP contribution is -2.51. The van der Waals surface area contributed by atoms with E-state index in [9.17, 15) is 19.4 Å². The fraction of sp³-hybridized carbons (Fsp3) is 0.500. The van der Waals surface area contributed by atoms with Gasteiger partial charge in [-0.2, -0.15) is 4.98 Å². The van der Waals surface area contributed by atoms with Crippen molar-refractivity contribution >= 4 is 34.1 Å². The molecule has 3 heterocycles. The number of fused-ring (bicyclic) bond motifs is 1. The minimum absolute atomic E-state index is 0.0327. The van der Waals surface area contributed by atoms with Crippen LogP contribution in [-0.4, -0.2) is 43.7 Å². The molecule has 2 aromatic heterocycles. The number of halogens is 3. The Labute approximate surface area is 151 Å². The number of ether oxygens (including phenoxy) is 1. The molecule has 0 spiro atoms. The number of aliphatic hydroxyl groups is 2. The smallest absolute Gasteiger partial charge is 0.265 e. The largest absolute Gasteiger partial charge is 0.475 e. The van der Waals surface area contributed by atoms with Crippen molar-refractivity contribution in [3.8, 4) is 5.88 Å². The van der Waals surface area contributed by atoms with Crippen LogP contribution in [0.25, 0.3) is 10.9 Å². The van der Waals surface area contributed by atoms with Crippen molar-refractivity contribution in [1.29, 1.82) is 0 Å². The van der Waals surface area contributed by atoms with Crippen molar-refractivity contribution in [2.75, 3.05) is 6.61 Å². The van der Waals surface area contributed by atoms with Crippen LogP contribution in [0.5, 0.6) is 5.88 Å². The van der Waals surface area contributed by atoms with Gasteiger partial charge in [0.1, 0.15) is 17.5 Å². The van der Waals surface area contributed by atoms with Crippen LogP contribution in [0, 0.1) is 5.82 Å². The Morgan fingerprint density at radius 2 is 2.08 bits per heavy atom. The third kappa shape index (κ3) is 4.01. The lowest BCUT2D eigenvalue weighted by atomic mass is 10.1. The summed E-state index contributed by atoms with van der Waals surface area (Å²) in [4.78, 5) is 21.8. The first-order chi connectivity index (χ1) is 11.8. The number of hydrogen-bond donors (Lipinski definition) is 4. The molecule has 3 rings (SSSR count). The summed E-state index contributed by atoms with van der Waals surface area (Å²) in [5, 5.41) is 21.2. The lowest BCUT2D eigenvalue weighted by Gasteiger charge is -2.25. The van der Waals surface area contributed by atoms with Crippen LogP contribution in [-0.2, 0) is 0 Å². The van der Waals surface area contributed by atoms with Gasteiger partial charge in [0.25, 0.3) is 5.56 Å². The lowest BCUT2D eigenvalue weighted by molar-refractivity contribution is -0.193. The van der Waals surface area contributed by atoms with Gasteiger partial charge in [-0.3, -0.25) is 15.1 Å². The fourth-order valence-electron chi connectivity index (χ4n) is 2.74. The topological polar surface area (TPSA) is 120 Å². The van der Waals surface area contributed by atoms with Gasteiger partial charge in [-0.25, -0.2) is 9.37 Å². The van der Waals surface area contributed by atoms with Crippen LogP contribution >= 0.6 is 23.2 Å². The molecule has 1 fully saturated rings. The number of nitrogens with zero attached hydrogens (tertiary/aromatic N) is 2. The van der Waals surface area contributed by atoms with E-state index in [4.69, 9.17) is 27.9 Å². The summed E-state index contributed by atoms with van der Waals surface area (Å²) in [7, 11) is 0. The average molecular weight is 393 g/mol. The molecule has 0 aromatic carbocycles. The Morgan fingerprint density at radius 1 is 1.32 bits per heavy atom. The number of H-pyrrole nitrogens is 1. The molecule has 2 aromatic rings. The zero-order valence-electron chi connectivity index (χ0n) is 12.9. The second-order valence-electron chi connectivity index (χ2n) is 5.82. The Balaban J connectivity index is 1.91. The standard InChI is InChI=1S/C14H15Cl2FN4O4/c15-10-8(17)9-7(11(22)20-13(16)18-9)12(19-10)25-5-6-3-1-2-4-14(23,24)21-6/h6,21,23-24H,1-5H2,(H,18,20,22). The van der Waals surface area contributed by atoms with E-state index in [1.807, 2.05) is 0 Å². The SMILES string of the molecule is O=c1[nH]c(Cl)nc2c(F)c(Cl)nc(OCC3CCCCC(O)(O)N3)c12. The van der Waals surface area contributed by atoms with E-state index in [0.29, 0.717) is 12.8 Å². The van der Waals surface area contributed by atoms with E-state index < -0.39 is 28.5 Å².